The summed E-state index contributed by atoms with van der Waals surface area (Å²) in [7, 11) is 0. The van der Waals surface area contributed by atoms with Crippen LogP contribution in [0.15, 0.2) is 24.3 Å². The van der Waals surface area contributed by atoms with Gasteiger partial charge in [0.2, 0.25) is 0 Å². The van der Waals surface area contributed by atoms with Crippen LogP contribution in [0.4, 0.5) is 0 Å². The Morgan fingerprint density at radius 1 is 1.23 bits per heavy atom. The summed E-state index contributed by atoms with van der Waals surface area (Å²) in [6.07, 6.45) is 0.685. The molecular formula is C13H18N2O7. The van der Waals surface area contributed by atoms with E-state index in [-0.39, 0.29) is 17.7 Å². The molecule has 0 heterocycles. The third kappa shape index (κ3) is 7.11. The summed E-state index contributed by atoms with van der Waals surface area (Å²) in [5.41, 5.74) is 6.32. The van der Waals surface area contributed by atoms with Crippen LogP contribution in [0.25, 0.3) is 0 Å². The van der Waals surface area contributed by atoms with Crippen LogP contribution in [-0.2, 0) is 20.8 Å². The minimum atomic E-state index is -1.21. The molecule has 9 heteroatoms. The molecule has 0 aliphatic heterocycles. The highest BCUT2D eigenvalue weighted by molar-refractivity contribution is 5.83. The van der Waals surface area contributed by atoms with Crippen molar-refractivity contribution in [2.24, 2.45) is 5.73 Å². The van der Waals surface area contributed by atoms with Crippen LogP contribution in [0.5, 0.6) is 5.75 Å². The van der Waals surface area contributed by atoms with Crippen LogP contribution >= 0.6 is 0 Å². The fraction of sp³-hybridized carbons (Fsp3) is 0.385. The zero-order valence-corrected chi connectivity index (χ0v) is 11.7. The van der Waals surface area contributed by atoms with Crippen LogP contribution in [0.2, 0.25) is 0 Å². The highest BCUT2D eigenvalue weighted by Crippen LogP contribution is 2.14. The molecule has 0 aliphatic carbocycles. The minimum Gasteiger partial charge on any atom is -0.481 e. The van der Waals surface area contributed by atoms with E-state index < -0.39 is 24.4 Å². The number of aryl methyl sites for hydroxylation is 1. The number of nitrogens with zero attached hydrogens (tertiary/aromatic N) is 1. The topological polar surface area (TPSA) is 143 Å². The van der Waals surface area contributed by atoms with E-state index in [4.69, 9.17) is 26.0 Å². The third-order valence-corrected chi connectivity index (χ3v) is 2.66. The van der Waals surface area contributed by atoms with E-state index in [9.17, 15) is 9.59 Å². The van der Waals surface area contributed by atoms with Gasteiger partial charge in [0, 0.05) is 0 Å². The van der Waals surface area contributed by atoms with Crippen molar-refractivity contribution in [1.82, 2.24) is 5.39 Å². The van der Waals surface area contributed by atoms with Crippen LogP contribution in [0, 0.1) is 0 Å². The summed E-state index contributed by atoms with van der Waals surface area (Å²) in [4.78, 5) is 26.4. The summed E-state index contributed by atoms with van der Waals surface area (Å²) in [6, 6.07) is 5.36. The van der Waals surface area contributed by atoms with Crippen LogP contribution in [0.3, 0.4) is 0 Å². The summed E-state index contributed by atoms with van der Waals surface area (Å²) in [5, 5.41) is 24.9. The predicted molar refractivity (Wildman–Crippen MR) is 72.0 cm³/mol. The van der Waals surface area contributed by atoms with E-state index in [1.165, 1.54) is 0 Å². The molecule has 1 unspecified atom stereocenters. The Hall–Kier alpha value is -2.04. The monoisotopic (exact) mass is 314 g/mol. The molecular weight excluding hydrogens is 296 g/mol. The summed E-state index contributed by atoms with van der Waals surface area (Å²) in [5.74, 6) is -1.72. The first-order chi connectivity index (χ1) is 10.4. The molecule has 1 aromatic carbocycles. The SMILES string of the molecule is NC(CC(=O)O)C(=O)Oc1ccc(CCCON(O)O)cc1. The summed E-state index contributed by atoms with van der Waals surface area (Å²) in [6.45, 7) is 0.133. The van der Waals surface area contributed by atoms with Gasteiger partial charge in [-0.25, -0.2) is 4.79 Å². The Morgan fingerprint density at radius 2 is 1.86 bits per heavy atom. The fourth-order valence-electron chi connectivity index (χ4n) is 1.61. The number of nitrogens with two attached hydrogens (primary N) is 1. The summed E-state index contributed by atoms with van der Waals surface area (Å²) >= 11 is 0. The molecule has 0 amide bonds. The first kappa shape index (κ1) is 18.0. The zero-order chi connectivity index (χ0) is 16.5. The molecule has 22 heavy (non-hydrogen) atoms. The lowest BCUT2D eigenvalue weighted by atomic mass is 10.1. The van der Waals surface area contributed by atoms with Gasteiger partial charge in [-0.15, -0.1) is 0 Å². The highest BCUT2D eigenvalue weighted by Gasteiger charge is 2.19. The number of benzene rings is 1. The van der Waals surface area contributed by atoms with Crippen molar-refractivity contribution in [2.45, 2.75) is 25.3 Å². The van der Waals surface area contributed by atoms with Crippen molar-refractivity contribution < 1.29 is 34.7 Å². The van der Waals surface area contributed by atoms with E-state index in [1.54, 1.807) is 24.3 Å². The van der Waals surface area contributed by atoms with Gasteiger partial charge in [0.15, 0.2) is 0 Å². The Kier molecular flexibility index (Phi) is 7.43. The standard InChI is InChI=1S/C13H18N2O7/c14-11(8-12(16)17)13(18)22-10-5-3-9(4-6-10)2-1-7-21-15(19)20/h3-6,11,19-20H,1-2,7-8,14H2,(H,16,17). The average molecular weight is 314 g/mol. The molecule has 0 saturated carbocycles. The lowest BCUT2D eigenvalue weighted by molar-refractivity contribution is -0.492. The van der Waals surface area contributed by atoms with Gasteiger partial charge < -0.3 is 15.6 Å². The number of aliphatic carboxylic acids is 1. The quantitative estimate of drug-likeness (QED) is 0.219. The van der Waals surface area contributed by atoms with Crippen molar-refractivity contribution in [3.8, 4) is 5.75 Å². The Labute approximate surface area is 126 Å². The van der Waals surface area contributed by atoms with Crippen molar-refractivity contribution in [1.29, 1.82) is 0 Å². The number of hydrogen-bond acceptors (Lipinski definition) is 8. The average Bonchev–Trinajstić information content (AvgIpc) is 2.44. The molecule has 9 nitrogen and oxygen atoms in total. The fourth-order valence-corrected chi connectivity index (χ4v) is 1.61. The highest BCUT2D eigenvalue weighted by atomic mass is 17.1. The maximum atomic E-state index is 11.5. The smallest absolute Gasteiger partial charge is 0.328 e. The number of carboxylic acids is 1. The number of hydrogen-bond donors (Lipinski definition) is 4. The zero-order valence-electron chi connectivity index (χ0n) is 11.7. The second kappa shape index (κ2) is 9.07. The molecule has 122 valence electrons. The molecule has 0 aromatic heterocycles. The van der Waals surface area contributed by atoms with E-state index in [1.807, 2.05) is 0 Å². The van der Waals surface area contributed by atoms with Gasteiger partial charge in [-0.1, -0.05) is 12.1 Å². The molecule has 0 aliphatic rings. The van der Waals surface area contributed by atoms with E-state index in [0.717, 1.165) is 5.56 Å². The number of ether oxygens (including phenoxy) is 1. The van der Waals surface area contributed by atoms with Crippen LogP contribution in [-0.4, -0.2) is 45.5 Å². The predicted octanol–water partition coefficient (Wildman–Crippen LogP) is 0.339. The lowest BCUT2D eigenvalue weighted by Crippen LogP contribution is -2.36. The maximum Gasteiger partial charge on any atom is 0.328 e. The molecule has 5 N–H and O–H groups in total. The van der Waals surface area contributed by atoms with Crippen molar-refractivity contribution in [3.05, 3.63) is 29.8 Å². The number of rotatable bonds is 9. The first-order valence-corrected chi connectivity index (χ1v) is 6.47. The molecule has 1 aromatic rings. The van der Waals surface area contributed by atoms with Gasteiger partial charge in [-0.3, -0.25) is 20.0 Å². The van der Waals surface area contributed by atoms with Gasteiger partial charge in [0.05, 0.1) is 18.4 Å². The molecule has 1 rings (SSSR count). The Balaban J connectivity index is 2.41. The molecule has 0 bridgehead atoms. The van der Waals surface area contributed by atoms with Crippen LogP contribution < -0.4 is 10.5 Å². The van der Waals surface area contributed by atoms with Gasteiger partial charge in [0.25, 0.3) is 0 Å². The molecule has 0 saturated heterocycles. The molecule has 0 fully saturated rings. The Morgan fingerprint density at radius 3 is 2.41 bits per heavy atom. The lowest BCUT2D eigenvalue weighted by Gasteiger charge is -2.10. The van der Waals surface area contributed by atoms with Gasteiger partial charge in [-0.05, 0) is 30.5 Å². The summed E-state index contributed by atoms with van der Waals surface area (Å²) < 4.78 is 4.96. The van der Waals surface area contributed by atoms with Crippen molar-refractivity contribution in [3.63, 3.8) is 0 Å². The third-order valence-electron chi connectivity index (χ3n) is 2.66. The maximum absolute atomic E-state index is 11.5. The van der Waals surface area contributed by atoms with Gasteiger partial charge in [0.1, 0.15) is 11.8 Å². The van der Waals surface area contributed by atoms with Crippen molar-refractivity contribution in [2.75, 3.05) is 6.61 Å². The van der Waals surface area contributed by atoms with Crippen LogP contribution in [0.1, 0.15) is 18.4 Å². The molecule has 0 spiro atoms. The number of carbonyl (C=O) groups is 2. The van der Waals surface area contributed by atoms with E-state index in [2.05, 4.69) is 4.84 Å². The second-order valence-corrected chi connectivity index (χ2v) is 4.46. The largest absolute Gasteiger partial charge is 0.481 e. The van der Waals surface area contributed by atoms with Gasteiger partial charge >= 0.3 is 11.9 Å². The van der Waals surface area contributed by atoms with E-state index in [0.29, 0.717) is 12.8 Å². The number of esters is 1. The minimum absolute atomic E-state index is 0.133. The second-order valence-electron chi connectivity index (χ2n) is 4.46. The first-order valence-electron chi connectivity index (χ1n) is 6.47. The number of carbonyl (C=O) groups excluding carboxylic acids is 1. The van der Waals surface area contributed by atoms with Gasteiger partial charge in [-0.2, -0.15) is 0 Å². The molecule has 0 radical (unpaired) electrons. The van der Waals surface area contributed by atoms with E-state index >= 15 is 0 Å². The normalized spacial score (nSPS) is 12.2. The molecule has 1 atom stereocenters. The van der Waals surface area contributed by atoms with Crippen molar-refractivity contribution >= 4 is 11.9 Å². The number of carboxylic acid groups (broad SMARTS) is 1. The Bertz CT molecular complexity index is 490.